The van der Waals surface area contributed by atoms with Crippen molar-refractivity contribution in [2.24, 2.45) is 9.98 Å². The van der Waals surface area contributed by atoms with Crippen LogP contribution < -0.4 is 63.1 Å². The summed E-state index contributed by atoms with van der Waals surface area (Å²) >= 11 is 12.2. The predicted octanol–water partition coefficient (Wildman–Crippen LogP) is 11.4. The maximum atomic E-state index is 13.7. The standard InChI is InChI=1S/C46H41ClN8O12S2.C29H30N4O11S2.C18H15ClN4O/c1-23-53-54-43-35(52-38(24-6-9-26(47)10-7-24)29-21-27(65-2)11-17-36(29)55(23)43)22-37(56)50-18-4-3-5-19-51-44(57)25-8-12-28-32(20-25)46(67-45(28)58)30-13-15-33(48)41(68(59,60)61)39(30)66-40-31(46)14-16-34(49)42(40)69(62,63)64;1-2-22(34)32-12-4-3-5-13-33-27(35)15-6-7-17-16(14-15)28(36)44-29(17)18-8-10-20(30)25(45(37,38)39)23(18)43-24-19(29)9-11-21(31)26(24)46(40,41)42;1-11-21-22-17-10-20-18(12-3-5-13(19)6-4-12)15-9-14(24-2)7-8-16(15)23(11)17/h6-17,20-21,35H,3-5,18-19,22,48-49H2,1-2H3,(H,50,56)(H,51,57)(H,59,60,61)(H,62,63,64);6-11,14H,2-5,12-13,30-31H2,1H3,(H,32,34)(H,33,35)(H,37,38,39)(H,40,41,42);3-9H,10H2,1-2H3/t35-;;/m0../s1. The van der Waals surface area contributed by atoms with Gasteiger partial charge in [0.1, 0.15) is 35.7 Å². The number of aliphatic imine (C=N–C) groups is 2. The lowest BCUT2D eigenvalue weighted by Crippen LogP contribution is -2.35. The number of esters is 2. The first-order valence-corrected chi connectivity index (χ1v) is 49.3. The van der Waals surface area contributed by atoms with Crippen molar-refractivity contribution in [3.63, 3.8) is 0 Å². The van der Waals surface area contributed by atoms with Gasteiger partial charge in [-0.25, -0.2) is 9.59 Å². The van der Waals surface area contributed by atoms with E-state index in [1.165, 1.54) is 60.7 Å². The Labute approximate surface area is 803 Å². The fraction of sp³-hybridized carbons (Fsp3) is 0.226. The van der Waals surface area contributed by atoms with Crippen molar-refractivity contribution < 1.29 is 109 Å². The van der Waals surface area contributed by atoms with E-state index in [0.717, 1.165) is 93.8 Å². The zero-order valence-electron chi connectivity index (χ0n) is 74.2. The molecule has 12 aromatic rings. The largest absolute Gasteiger partial charge is 0.497 e. The molecule has 0 unspecified atom stereocenters. The summed E-state index contributed by atoms with van der Waals surface area (Å²) < 4.78 is 180. The number of nitrogens with zero attached hydrogens (tertiary/aromatic N) is 8. The lowest BCUT2D eigenvalue weighted by molar-refractivity contribution is -0.122. The number of hydrogen-bond donors (Lipinski definition) is 12. The van der Waals surface area contributed by atoms with E-state index in [0.29, 0.717) is 91.4 Å². The number of anilines is 4. The van der Waals surface area contributed by atoms with Crippen molar-refractivity contribution in [1.29, 1.82) is 0 Å². The highest BCUT2D eigenvalue weighted by Crippen LogP contribution is 2.62. The number of amides is 4. The Hall–Kier alpha value is -14.7. The Balaban J connectivity index is 0.000000170. The third kappa shape index (κ3) is 18.6. The van der Waals surface area contributed by atoms with Gasteiger partial charge in [-0.3, -0.25) is 56.5 Å². The van der Waals surface area contributed by atoms with Crippen LogP contribution in [0.2, 0.25) is 10.0 Å². The van der Waals surface area contributed by atoms with Gasteiger partial charge in [-0.15, -0.1) is 20.4 Å². The van der Waals surface area contributed by atoms with Gasteiger partial charge in [-0.05, 0) is 192 Å². The number of nitrogen functional groups attached to an aromatic ring is 4. The number of ether oxygens (including phenoxy) is 6. The fourth-order valence-corrected chi connectivity index (χ4v) is 20.7. The molecule has 18 rings (SSSR count). The summed E-state index contributed by atoms with van der Waals surface area (Å²) in [5.41, 5.74) is 23.6. The normalized spacial score (nSPS) is 14.6. The van der Waals surface area contributed by atoms with Gasteiger partial charge >= 0.3 is 11.9 Å². The summed E-state index contributed by atoms with van der Waals surface area (Å²) in [6, 6.07) is 43.5. The molecule has 1 atom stereocenters. The van der Waals surface area contributed by atoms with Crippen LogP contribution in [0.3, 0.4) is 0 Å². The first-order valence-electron chi connectivity index (χ1n) is 42.8. The molecule has 2 aromatic heterocycles. The fourth-order valence-electron chi connectivity index (χ4n) is 17.4. The minimum atomic E-state index is -5.19. The average molecular weight is 2010 g/mol. The number of carbonyl (C=O) groups excluding carboxylic acids is 6. The monoisotopic (exact) mass is 2010 g/mol. The highest BCUT2D eigenvalue weighted by molar-refractivity contribution is 7.87. The Kier molecular flexibility index (Phi) is 26.8. The molecule has 720 valence electrons. The van der Waals surface area contributed by atoms with E-state index in [4.69, 9.17) is 84.5 Å². The van der Waals surface area contributed by atoms with Crippen LogP contribution in [0.4, 0.5) is 22.7 Å². The minimum absolute atomic E-state index is 0.0188. The number of methoxy groups -OCH3 is 2. The molecule has 40 nitrogen and oxygen atoms in total. The van der Waals surface area contributed by atoms with Crippen LogP contribution in [0, 0.1) is 13.8 Å². The van der Waals surface area contributed by atoms with Gasteiger partial charge in [0.05, 0.1) is 77.3 Å². The number of nitrogens with one attached hydrogen (secondary N) is 4. The van der Waals surface area contributed by atoms with E-state index in [1.54, 1.807) is 33.3 Å². The van der Waals surface area contributed by atoms with Gasteiger partial charge in [-0.2, -0.15) is 33.7 Å². The number of rotatable bonds is 25. The van der Waals surface area contributed by atoms with Crippen LogP contribution in [-0.2, 0) is 77.3 Å². The first-order chi connectivity index (χ1) is 66.1. The van der Waals surface area contributed by atoms with Crippen molar-refractivity contribution in [2.45, 2.75) is 116 Å². The van der Waals surface area contributed by atoms with Crippen molar-refractivity contribution in [1.82, 2.24) is 50.8 Å². The molecule has 16 N–H and O–H groups in total. The van der Waals surface area contributed by atoms with Crippen LogP contribution >= 0.6 is 23.2 Å². The Morgan fingerprint density at radius 2 is 0.842 bits per heavy atom. The van der Waals surface area contributed by atoms with Crippen molar-refractivity contribution in [3.05, 3.63) is 281 Å². The maximum absolute atomic E-state index is 13.7. The number of unbranched alkanes of at least 4 members (excludes halogenated alkanes) is 4. The topological polar surface area (TPSA) is 614 Å². The third-order valence-corrected chi connectivity index (χ3v) is 28.0. The molecular weight excluding hydrogens is 1920 g/mol. The average Bonchev–Trinajstić information content (AvgIpc) is 1.57. The second-order valence-corrected chi connectivity index (χ2v) is 38.8. The Morgan fingerprint density at radius 3 is 1.30 bits per heavy atom. The van der Waals surface area contributed by atoms with Crippen molar-refractivity contribution in [3.8, 4) is 45.9 Å². The minimum Gasteiger partial charge on any atom is -0.497 e. The zero-order chi connectivity index (χ0) is 99.4. The van der Waals surface area contributed by atoms with Crippen LogP contribution in [0.25, 0.3) is 11.4 Å². The van der Waals surface area contributed by atoms with E-state index < -0.39 is 147 Å². The second kappa shape index (κ2) is 38.3. The number of carbonyl (C=O) groups is 6. The molecular formula is C93H86Cl2N16O24S4. The Bertz CT molecular complexity index is 7520. The molecule has 46 heteroatoms. The molecule has 0 radical (unpaired) electrons. The van der Waals surface area contributed by atoms with Crippen molar-refractivity contribution >= 4 is 133 Å². The quantitative estimate of drug-likeness (QED) is 0.0109. The SMILES string of the molecule is CCC(=O)NCCCCCNC(=O)c1ccc2c(c1)C(=O)OC21c2ccc(N)c(S(=O)(=O)O)c2Oc2c1ccc(N)c2S(=O)(=O)O.COc1ccc2c(c1)C(c1ccc(Cl)cc1)=NCc1nnc(C)n1-2.COc1ccc2c(c1)C(c1ccc(Cl)cc1)=N[C@@H](CC(=O)NCCCCCNC(=O)c1ccc3c(c1)C1(OC3=O)c3ccc(N)c(S(=O)(=O)O)c3Oc3c1ccc(N)c3S(=O)(=O)O)c1nnc(C)n1-2. The molecule has 6 aliphatic heterocycles. The summed E-state index contributed by atoms with van der Waals surface area (Å²) in [5, 5.41) is 29.8. The third-order valence-electron chi connectivity index (χ3n) is 23.7. The summed E-state index contributed by atoms with van der Waals surface area (Å²) in [5.74, 6) is -1.81. The summed E-state index contributed by atoms with van der Waals surface area (Å²) in [6.45, 7) is 7.40. The zero-order valence-corrected chi connectivity index (χ0v) is 78.9. The molecule has 4 amide bonds. The molecule has 0 aliphatic carbocycles. The molecule has 0 saturated carbocycles. The van der Waals surface area contributed by atoms with Gasteiger partial charge in [0.2, 0.25) is 11.8 Å². The highest BCUT2D eigenvalue weighted by Gasteiger charge is 2.59. The summed E-state index contributed by atoms with van der Waals surface area (Å²) in [7, 11) is -17.4. The smallest absolute Gasteiger partial charge is 0.340 e. The predicted molar refractivity (Wildman–Crippen MR) is 506 cm³/mol. The molecule has 10 aromatic carbocycles. The molecule has 6 aliphatic rings. The number of halogens is 2. The van der Waals surface area contributed by atoms with Gasteiger partial charge in [0.15, 0.2) is 65.4 Å². The number of fused-ring (bicyclic) bond motifs is 18. The number of hydrogen-bond acceptors (Lipinski definition) is 30. The van der Waals surface area contributed by atoms with Gasteiger partial charge in [-0.1, -0.05) is 60.5 Å². The number of benzene rings is 10. The molecule has 8 heterocycles. The Morgan fingerprint density at radius 1 is 0.446 bits per heavy atom. The molecule has 0 fully saturated rings. The van der Waals surface area contributed by atoms with E-state index in [1.807, 2.05) is 95.8 Å². The maximum Gasteiger partial charge on any atom is 0.340 e. The summed E-state index contributed by atoms with van der Waals surface area (Å²) in [6.07, 6.45) is 4.18. The van der Waals surface area contributed by atoms with Gasteiger partial charge in [0, 0.05) is 109 Å². The van der Waals surface area contributed by atoms with Gasteiger partial charge in [0.25, 0.3) is 52.3 Å². The highest BCUT2D eigenvalue weighted by atomic mass is 35.5. The lowest BCUT2D eigenvalue weighted by Gasteiger charge is -2.38. The van der Waals surface area contributed by atoms with E-state index in [2.05, 4.69) is 41.7 Å². The number of nitrogens with two attached hydrogens (primary N) is 4. The van der Waals surface area contributed by atoms with Crippen LogP contribution in [0.15, 0.2) is 199 Å². The van der Waals surface area contributed by atoms with E-state index in [-0.39, 0.29) is 80.4 Å². The molecule has 0 bridgehead atoms. The van der Waals surface area contributed by atoms with Crippen LogP contribution in [0.5, 0.6) is 34.5 Å². The lowest BCUT2D eigenvalue weighted by atomic mass is 9.77. The van der Waals surface area contributed by atoms with E-state index in [9.17, 15) is 80.6 Å². The van der Waals surface area contributed by atoms with Gasteiger partial charge < -0.3 is 72.6 Å². The summed E-state index contributed by atoms with van der Waals surface area (Å²) in [4.78, 5) is 84.5. The van der Waals surface area contributed by atoms with Crippen molar-refractivity contribution in [2.75, 3.05) is 63.3 Å². The van der Waals surface area contributed by atoms with Crippen LogP contribution in [-0.4, -0.2) is 169 Å². The molecule has 0 saturated heterocycles. The second-order valence-electron chi connectivity index (χ2n) is 32.5. The molecule has 139 heavy (non-hydrogen) atoms. The number of aryl methyl sites for hydroxylation is 2. The first kappa shape index (κ1) is 97.3. The molecule has 2 spiro atoms. The van der Waals surface area contributed by atoms with Crippen LogP contribution in [0.1, 0.15) is 185 Å². The number of aromatic nitrogens is 6. The van der Waals surface area contributed by atoms with E-state index >= 15 is 0 Å².